The Morgan fingerprint density at radius 3 is 2.80 bits per heavy atom. The van der Waals surface area contributed by atoms with E-state index < -0.39 is 0 Å². The predicted octanol–water partition coefficient (Wildman–Crippen LogP) is 3.44. The molecule has 0 radical (unpaired) electrons. The van der Waals surface area contributed by atoms with Crippen molar-refractivity contribution in [2.24, 2.45) is 0 Å². The van der Waals surface area contributed by atoms with Crippen LogP contribution in [0.15, 0.2) is 28.6 Å². The summed E-state index contributed by atoms with van der Waals surface area (Å²) >= 11 is 3.81. The molecule has 0 saturated heterocycles. The van der Waals surface area contributed by atoms with Gasteiger partial charge >= 0.3 is 5.97 Å². The summed E-state index contributed by atoms with van der Waals surface area (Å²) in [6.07, 6.45) is 0.615. The van der Waals surface area contributed by atoms with Crippen LogP contribution in [0.1, 0.15) is 23.1 Å². The van der Waals surface area contributed by atoms with Gasteiger partial charge in [0, 0.05) is 0 Å². The number of hydrogen-bond donors (Lipinski definition) is 1. The van der Waals surface area contributed by atoms with E-state index in [1.165, 1.54) is 41.5 Å². The third kappa shape index (κ3) is 4.14. The van der Waals surface area contributed by atoms with E-state index >= 15 is 0 Å². The Hall–Kier alpha value is -2.04. The van der Waals surface area contributed by atoms with Crippen LogP contribution in [0.25, 0.3) is 10.2 Å². The third-order valence-electron chi connectivity index (χ3n) is 3.19. The largest absolute Gasteiger partial charge is 0.468 e. The maximum atomic E-state index is 12.3. The molecule has 2 aromatic heterocycles. The molecule has 1 amide bonds. The first-order valence-electron chi connectivity index (χ1n) is 7.35. The highest BCUT2D eigenvalue weighted by Gasteiger charge is 2.21. The number of anilines is 1. The van der Waals surface area contributed by atoms with Crippen molar-refractivity contribution in [3.63, 3.8) is 0 Å². The van der Waals surface area contributed by atoms with Gasteiger partial charge in [0.1, 0.15) is 5.25 Å². The van der Waals surface area contributed by atoms with Gasteiger partial charge in [-0.1, -0.05) is 42.2 Å². The van der Waals surface area contributed by atoms with Crippen molar-refractivity contribution < 1.29 is 14.3 Å². The van der Waals surface area contributed by atoms with Crippen molar-refractivity contribution in [3.05, 3.63) is 29.3 Å². The van der Waals surface area contributed by atoms with E-state index in [0.29, 0.717) is 20.9 Å². The summed E-state index contributed by atoms with van der Waals surface area (Å²) in [5, 5.41) is 11.0. The SMILES string of the molecule is CCC(Sc1nnc(NC(=O)c2nc3ccccc3s2)s1)C(=O)OC. The number of thioether (sulfide) groups is 1. The molecule has 0 saturated carbocycles. The van der Waals surface area contributed by atoms with Crippen LogP contribution >= 0.6 is 34.4 Å². The van der Waals surface area contributed by atoms with Crippen LogP contribution in [0.2, 0.25) is 0 Å². The lowest BCUT2D eigenvalue weighted by Crippen LogP contribution is -2.17. The Morgan fingerprint density at radius 2 is 2.08 bits per heavy atom. The molecule has 0 spiro atoms. The molecule has 1 aromatic carbocycles. The molecule has 130 valence electrons. The molecule has 3 rings (SSSR count). The number of esters is 1. The number of fused-ring (bicyclic) bond motifs is 1. The number of methoxy groups -OCH3 is 1. The van der Waals surface area contributed by atoms with Gasteiger partial charge in [-0.25, -0.2) is 4.98 Å². The molecular weight excluding hydrogens is 380 g/mol. The summed E-state index contributed by atoms with van der Waals surface area (Å²) < 4.78 is 6.30. The van der Waals surface area contributed by atoms with Crippen LogP contribution in [0.3, 0.4) is 0 Å². The summed E-state index contributed by atoms with van der Waals surface area (Å²) in [5.41, 5.74) is 0.787. The lowest BCUT2D eigenvalue weighted by Gasteiger charge is -2.08. The highest BCUT2D eigenvalue weighted by molar-refractivity contribution is 8.02. The summed E-state index contributed by atoms with van der Waals surface area (Å²) in [6.45, 7) is 1.89. The monoisotopic (exact) mass is 394 g/mol. The number of carbonyl (C=O) groups is 2. The van der Waals surface area contributed by atoms with Gasteiger partial charge in [-0.15, -0.1) is 21.5 Å². The van der Waals surface area contributed by atoms with Gasteiger partial charge < -0.3 is 4.74 Å². The molecule has 1 atom stereocenters. The highest BCUT2D eigenvalue weighted by atomic mass is 32.2. The van der Waals surface area contributed by atoms with Gasteiger partial charge in [0.2, 0.25) is 5.13 Å². The molecule has 0 bridgehead atoms. The minimum absolute atomic E-state index is 0.303. The zero-order chi connectivity index (χ0) is 17.8. The second-order valence-corrected chi connectivity index (χ2v) is 8.31. The number of nitrogens with zero attached hydrogens (tertiary/aromatic N) is 3. The molecular formula is C15H14N4O3S3. The average Bonchev–Trinajstić information content (AvgIpc) is 3.25. The van der Waals surface area contributed by atoms with Crippen LogP contribution in [-0.2, 0) is 9.53 Å². The first-order valence-corrected chi connectivity index (χ1v) is 9.87. The third-order valence-corrected chi connectivity index (χ3v) is 6.49. The van der Waals surface area contributed by atoms with Crippen LogP contribution in [0, 0.1) is 0 Å². The zero-order valence-corrected chi connectivity index (χ0v) is 15.8. The van der Waals surface area contributed by atoms with E-state index in [1.54, 1.807) is 0 Å². The minimum Gasteiger partial charge on any atom is -0.468 e. The first kappa shape index (κ1) is 17.8. The lowest BCUT2D eigenvalue weighted by molar-refractivity contribution is -0.140. The summed E-state index contributed by atoms with van der Waals surface area (Å²) in [7, 11) is 1.36. The second-order valence-electron chi connectivity index (χ2n) is 4.85. The van der Waals surface area contributed by atoms with Crippen molar-refractivity contribution in [2.75, 3.05) is 12.4 Å². The van der Waals surface area contributed by atoms with Crippen molar-refractivity contribution in [3.8, 4) is 0 Å². The van der Waals surface area contributed by atoms with Crippen LogP contribution in [0.5, 0.6) is 0 Å². The van der Waals surface area contributed by atoms with Crippen LogP contribution in [0.4, 0.5) is 5.13 Å². The zero-order valence-electron chi connectivity index (χ0n) is 13.4. The average molecular weight is 395 g/mol. The topological polar surface area (TPSA) is 94.1 Å². The smallest absolute Gasteiger partial charge is 0.319 e. The van der Waals surface area contributed by atoms with E-state index in [0.717, 1.165) is 10.2 Å². The van der Waals surface area contributed by atoms with Crippen molar-refractivity contribution >= 4 is 61.7 Å². The van der Waals surface area contributed by atoms with Gasteiger partial charge in [0.15, 0.2) is 9.35 Å². The van der Waals surface area contributed by atoms with Gasteiger partial charge in [-0.3, -0.25) is 14.9 Å². The normalized spacial score (nSPS) is 12.1. The van der Waals surface area contributed by atoms with E-state index in [9.17, 15) is 9.59 Å². The molecule has 3 aromatic rings. The van der Waals surface area contributed by atoms with Gasteiger partial charge in [-0.2, -0.15) is 0 Å². The molecule has 0 aliphatic rings. The number of rotatable bonds is 6. The fourth-order valence-electron chi connectivity index (χ4n) is 1.98. The maximum absolute atomic E-state index is 12.3. The fourth-order valence-corrected chi connectivity index (χ4v) is 4.78. The summed E-state index contributed by atoms with van der Waals surface area (Å²) in [4.78, 5) is 28.3. The van der Waals surface area contributed by atoms with Gasteiger partial charge in [-0.05, 0) is 18.6 Å². The first-order chi connectivity index (χ1) is 12.1. The predicted molar refractivity (Wildman–Crippen MR) is 99.4 cm³/mol. The van der Waals surface area contributed by atoms with Gasteiger partial charge in [0.25, 0.3) is 5.91 Å². The molecule has 0 aliphatic heterocycles. The van der Waals surface area contributed by atoms with Gasteiger partial charge in [0.05, 0.1) is 17.3 Å². The van der Waals surface area contributed by atoms with Crippen molar-refractivity contribution in [2.45, 2.75) is 22.9 Å². The molecule has 7 nitrogen and oxygen atoms in total. The number of benzene rings is 1. The Labute approximate surface area is 155 Å². The molecule has 0 aliphatic carbocycles. The summed E-state index contributed by atoms with van der Waals surface area (Å²) in [5.74, 6) is -0.628. The molecule has 1 unspecified atom stereocenters. The van der Waals surface area contributed by atoms with E-state index in [1.807, 2.05) is 31.2 Å². The Kier molecular flexibility index (Phi) is 5.61. The molecule has 1 N–H and O–H groups in total. The van der Waals surface area contributed by atoms with Crippen LogP contribution < -0.4 is 5.32 Å². The Balaban J connectivity index is 1.68. The van der Waals surface area contributed by atoms with E-state index in [4.69, 9.17) is 4.74 Å². The number of amides is 1. The Morgan fingerprint density at radius 1 is 1.28 bits per heavy atom. The van der Waals surface area contributed by atoms with Crippen molar-refractivity contribution in [1.82, 2.24) is 15.2 Å². The van der Waals surface area contributed by atoms with Crippen molar-refractivity contribution in [1.29, 1.82) is 0 Å². The quantitative estimate of drug-likeness (QED) is 0.389. The number of para-hydroxylation sites is 1. The number of aromatic nitrogens is 3. The Bertz CT molecular complexity index is 875. The maximum Gasteiger partial charge on any atom is 0.319 e. The molecule has 25 heavy (non-hydrogen) atoms. The van der Waals surface area contributed by atoms with E-state index in [-0.39, 0.29) is 17.1 Å². The number of ether oxygens (including phenoxy) is 1. The molecule has 2 heterocycles. The number of thiazole rings is 1. The minimum atomic E-state index is -0.342. The number of carbonyl (C=O) groups excluding carboxylic acids is 2. The molecule has 0 fully saturated rings. The lowest BCUT2D eigenvalue weighted by atomic mass is 10.3. The summed E-state index contributed by atoms with van der Waals surface area (Å²) in [6, 6.07) is 7.56. The standard InChI is InChI=1S/C15H14N4O3S3/c1-3-9(13(21)22-2)24-15-19-18-14(25-15)17-11(20)12-16-8-6-4-5-7-10(8)23-12/h4-7,9H,3H2,1-2H3,(H,17,18,20). The molecule has 10 heteroatoms. The second kappa shape index (κ2) is 7.89. The number of nitrogens with one attached hydrogen (secondary N) is 1. The highest BCUT2D eigenvalue weighted by Crippen LogP contribution is 2.31. The number of hydrogen-bond acceptors (Lipinski definition) is 9. The van der Waals surface area contributed by atoms with Crippen LogP contribution in [-0.4, -0.2) is 39.4 Å². The van der Waals surface area contributed by atoms with E-state index in [2.05, 4.69) is 20.5 Å². The fraction of sp³-hybridized carbons (Fsp3) is 0.267.